The number of hydrogen-bond donors (Lipinski definition) is 0. The summed E-state index contributed by atoms with van der Waals surface area (Å²) in [6.45, 7) is 2.24. The maximum absolute atomic E-state index is 5.76. The zero-order valence-corrected chi connectivity index (χ0v) is 18.1. The van der Waals surface area contributed by atoms with Crippen LogP contribution in [-0.4, -0.2) is 16.6 Å². The Labute approximate surface area is 180 Å². The van der Waals surface area contributed by atoms with Gasteiger partial charge in [-0.1, -0.05) is 78.9 Å². The molecule has 2 unspecified atom stereocenters. The van der Waals surface area contributed by atoms with Crippen molar-refractivity contribution < 1.29 is 4.74 Å². The minimum Gasteiger partial charge on any atom is -0.496 e. The van der Waals surface area contributed by atoms with Crippen molar-refractivity contribution in [3.05, 3.63) is 113 Å². The number of aryl methyl sites for hydroxylation is 1. The standard InChI is InChI=1S/C28H22OSi/c1-17-9-7-14-22-25(17)18-10-3-5-12-20(18)27(22)30-28-21-13-6-4-11-19(21)26-23(28)15-8-16-24(26)29-2/h3-16,27-28H,1-2H3. The van der Waals surface area contributed by atoms with E-state index in [-0.39, 0.29) is 0 Å². The zero-order chi connectivity index (χ0) is 20.2. The van der Waals surface area contributed by atoms with Gasteiger partial charge in [-0.15, -0.1) is 0 Å². The molecule has 0 saturated heterocycles. The number of ether oxygens (including phenoxy) is 1. The summed E-state index contributed by atoms with van der Waals surface area (Å²) >= 11 is 0. The number of rotatable bonds is 3. The molecule has 4 aromatic rings. The smallest absolute Gasteiger partial charge is 0.126 e. The Morgan fingerprint density at radius 1 is 0.600 bits per heavy atom. The van der Waals surface area contributed by atoms with Crippen LogP contribution in [-0.2, 0) is 0 Å². The summed E-state index contributed by atoms with van der Waals surface area (Å²) in [6.07, 6.45) is 0. The number of fused-ring (bicyclic) bond motifs is 6. The molecule has 0 heterocycles. The second-order valence-corrected chi connectivity index (χ2v) is 9.66. The molecule has 0 amide bonds. The molecule has 4 aromatic carbocycles. The van der Waals surface area contributed by atoms with Crippen molar-refractivity contribution in [3.63, 3.8) is 0 Å². The number of hydrogen-bond acceptors (Lipinski definition) is 1. The fraction of sp³-hybridized carbons (Fsp3) is 0.143. The molecule has 30 heavy (non-hydrogen) atoms. The van der Waals surface area contributed by atoms with Gasteiger partial charge in [-0.2, -0.15) is 0 Å². The largest absolute Gasteiger partial charge is 0.496 e. The van der Waals surface area contributed by atoms with Crippen LogP contribution in [0.1, 0.15) is 38.9 Å². The molecular formula is C28H22OSi. The Morgan fingerprint density at radius 2 is 1.13 bits per heavy atom. The van der Waals surface area contributed by atoms with Crippen LogP contribution in [0.15, 0.2) is 84.9 Å². The Morgan fingerprint density at radius 3 is 1.80 bits per heavy atom. The summed E-state index contributed by atoms with van der Waals surface area (Å²) in [5.41, 5.74) is 13.5. The summed E-state index contributed by atoms with van der Waals surface area (Å²) in [7, 11) is 2.52. The Bertz CT molecular complexity index is 1290. The quantitative estimate of drug-likeness (QED) is 0.353. The monoisotopic (exact) mass is 402 g/mol. The molecule has 6 rings (SSSR count). The van der Waals surface area contributed by atoms with Crippen LogP contribution in [0.25, 0.3) is 22.3 Å². The van der Waals surface area contributed by atoms with Crippen molar-refractivity contribution in [2.24, 2.45) is 0 Å². The van der Waals surface area contributed by atoms with Crippen LogP contribution in [0.2, 0.25) is 0 Å². The fourth-order valence-corrected chi connectivity index (χ4v) is 7.40. The Balaban J connectivity index is 1.53. The minimum absolute atomic E-state index is 0.399. The summed E-state index contributed by atoms with van der Waals surface area (Å²) < 4.78 is 5.76. The highest BCUT2D eigenvalue weighted by Crippen LogP contribution is 2.52. The van der Waals surface area contributed by atoms with Gasteiger partial charge in [0.05, 0.1) is 16.6 Å². The van der Waals surface area contributed by atoms with E-state index in [1.54, 1.807) is 7.11 Å². The highest BCUT2D eigenvalue weighted by Gasteiger charge is 2.37. The van der Waals surface area contributed by atoms with Crippen molar-refractivity contribution >= 4 is 9.52 Å². The van der Waals surface area contributed by atoms with Gasteiger partial charge in [0, 0.05) is 16.6 Å². The first-order valence-electron chi connectivity index (χ1n) is 10.5. The summed E-state index contributed by atoms with van der Waals surface area (Å²) in [6, 6.07) is 31.2. The van der Waals surface area contributed by atoms with Gasteiger partial charge >= 0.3 is 0 Å². The predicted octanol–water partition coefficient (Wildman–Crippen LogP) is 6.55. The molecule has 2 aliphatic rings. The van der Waals surface area contributed by atoms with Gasteiger partial charge in [-0.3, -0.25) is 0 Å². The normalized spacial score (nSPS) is 17.8. The van der Waals surface area contributed by atoms with Crippen LogP contribution in [0.3, 0.4) is 0 Å². The molecule has 0 aliphatic heterocycles. The van der Waals surface area contributed by atoms with E-state index in [2.05, 4.69) is 91.9 Å². The molecule has 0 aromatic heterocycles. The average Bonchev–Trinajstić information content (AvgIpc) is 3.28. The lowest BCUT2D eigenvalue weighted by molar-refractivity contribution is 0.416. The molecule has 0 N–H and O–H groups in total. The van der Waals surface area contributed by atoms with E-state index in [1.165, 1.54) is 50.1 Å². The third-order valence-electron chi connectivity index (χ3n) is 6.62. The minimum atomic E-state index is 0.399. The van der Waals surface area contributed by atoms with Crippen molar-refractivity contribution in [1.82, 2.24) is 0 Å². The van der Waals surface area contributed by atoms with E-state index in [9.17, 15) is 0 Å². The lowest BCUT2D eigenvalue weighted by atomic mass is 10.0. The van der Waals surface area contributed by atoms with Crippen molar-refractivity contribution in [3.8, 4) is 28.0 Å². The maximum Gasteiger partial charge on any atom is 0.126 e. The molecule has 1 nitrogen and oxygen atoms in total. The Kier molecular flexibility index (Phi) is 3.97. The van der Waals surface area contributed by atoms with Crippen LogP contribution in [0.4, 0.5) is 0 Å². The lowest BCUT2D eigenvalue weighted by Crippen LogP contribution is -2.16. The molecule has 2 radical (unpaired) electrons. The average molecular weight is 403 g/mol. The molecule has 0 fully saturated rings. The highest BCUT2D eigenvalue weighted by atomic mass is 28.2. The first-order chi connectivity index (χ1) is 14.8. The molecule has 2 heteroatoms. The zero-order valence-electron chi connectivity index (χ0n) is 17.1. The third kappa shape index (κ3) is 2.40. The van der Waals surface area contributed by atoms with Gasteiger partial charge in [0.15, 0.2) is 0 Å². The maximum atomic E-state index is 5.76. The van der Waals surface area contributed by atoms with Gasteiger partial charge in [-0.25, -0.2) is 0 Å². The molecular weight excluding hydrogens is 380 g/mol. The molecule has 2 atom stereocenters. The van der Waals surface area contributed by atoms with Crippen LogP contribution in [0, 0.1) is 6.92 Å². The first-order valence-corrected chi connectivity index (χ1v) is 11.6. The third-order valence-corrected chi connectivity index (χ3v) is 8.53. The summed E-state index contributed by atoms with van der Waals surface area (Å²) in [5, 5.41) is 0. The van der Waals surface area contributed by atoms with Gasteiger partial charge in [0.2, 0.25) is 0 Å². The molecule has 0 spiro atoms. The van der Waals surface area contributed by atoms with Gasteiger partial charge in [0.1, 0.15) is 5.75 Å². The fourth-order valence-electron chi connectivity index (χ4n) is 5.36. The second kappa shape index (κ2) is 6.71. The Hall–Kier alpha value is -3.10. The molecule has 144 valence electrons. The predicted molar refractivity (Wildman–Crippen MR) is 124 cm³/mol. The summed E-state index contributed by atoms with van der Waals surface area (Å²) in [4.78, 5) is 0. The summed E-state index contributed by atoms with van der Waals surface area (Å²) in [5.74, 6) is 0.982. The van der Waals surface area contributed by atoms with Crippen LogP contribution in [0.5, 0.6) is 5.75 Å². The van der Waals surface area contributed by atoms with Crippen LogP contribution >= 0.6 is 0 Å². The van der Waals surface area contributed by atoms with Gasteiger partial charge < -0.3 is 4.74 Å². The first kappa shape index (κ1) is 17.7. The van der Waals surface area contributed by atoms with Crippen molar-refractivity contribution in [2.45, 2.75) is 18.0 Å². The van der Waals surface area contributed by atoms with E-state index >= 15 is 0 Å². The van der Waals surface area contributed by atoms with E-state index in [1.807, 2.05) is 0 Å². The lowest BCUT2D eigenvalue weighted by Gasteiger charge is -2.20. The van der Waals surface area contributed by atoms with Crippen LogP contribution < -0.4 is 4.74 Å². The number of methoxy groups -OCH3 is 1. The van der Waals surface area contributed by atoms with E-state index in [4.69, 9.17) is 4.74 Å². The van der Waals surface area contributed by atoms with E-state index < -0.39 is 0 Å². The van der Waals surface area contributed by atoms with Crippen molar-refractivity contribution in [1.29, 1.82) is 0 Å². The molecule has 0 bridgehead atoms. The molecule has 2 aliphatic carbocycles. The van der Waals surface area contributed by atoms with Gasteiger partial charge in [-0.05, 0) is 57.5 Å². The second-order valence-electron chi connectivity index (χ2n) is 8.17. The number of benzene rings is 4. The SMILES string of the molecule is COc1cccc2c1-c1ccccc1C2[Si]C1c2ccccc2-c2c(C)cccc21. The topological polar surface area (TPSA) is 9.23 Å². The highest BCUT2D eigenvalue weighted by molar-refractivity contribution is 6.44. The molecule has 0 saturated carbocycles. The van der Waals surface area contributed by atoms with Gasteiger partial charge in [0.25, 0.3) is 0 Å². The van der Waals surface area contributed by atoms with E-state index in [0.29, 0.717) is 11.1 Å². The van der Waals surface area contributed by atoms with Crippen molar-refractivity contribution in [2.75, 3.05) is 7.11 Å². The van der Waals surface area contributed by atoms with E-state index in [0.717, 1.165) is 15.3 Å².